The van der Waals surface area contributed by atoms with Crippen molar-refractivity contribution in [1.82, 2.24) is 9.55 Å². The lowest BCUT2D eigenvalue weighted by Gasteiger charge is -2.15. The average Bonchev–Trinajstić information content (AvgIpc) is 2.85. The van der Waals surface area contributed by atoms with Crippen molar-refractivity contribution in [2.24, 2.45) is 0 Å². The van der Waals surface area contributed by atoms with Crippen LogP contribution in [-0.4, -0.2) is 15.5 Å². The molecule has 0 radical (unpaired) electrons. The fourth-order valence-corrected chi connectivity index (χ4v) is 2.74. The third kappa shape index (κ3) is 1.75. The minimum Gasteiger partial charge on any atom is -0.272 e. The van der Waals surface area contributed by atoms with E-state index >= 15 is 0 Å². The topological polar surface area (TPSA) is 55.2 Å². The minimum atomic E-state index is -0.177. The van der Waals surface area contributed by atoms with Crippen molar-refractivity contribution in [2.45, 2.75) is 13.5 Å². The van der Waals surface area contributed by atoms with Crippen molar-refractivity contribution in [2.75, 3.05) is 4.90 Å². The number of aryl methyl sites for hydroxylation is 1. The van der Waals surface area contributed by atoms with Crippen LogP contribution in [0.5, 0.6) is 0 Å². The fourth-order valence-electron chi connectivity index (χ4n) is 2.74. The van der Waals surface area contributed by atoms with Gasteiger partial charge in [0.2, 0.25) is 5.95 Å². The van der Waals surface area contributed by atoms with E-state index < -0.39 is 0 Å². The van der Waals surface area contributed by atoms with Gasteiger partial charge in [-0.25, -0.2) is 9.88 Å². The SMILES string of the molecule is Cc1ccc(N2C(=O)Cn3c2nc2ccccc2c3=O)cc1. The number of nitrogens with zero attached hydrogens (tertiary/aromatic N) is 3. The molecule has 0 unspecified atom stereocenters. The van der Waals surface area contributed by atoms with E-state index in [9.17, 15) is 9.59 Å². The van der Waals surface area contributed by atoms with Crippen LogP contribution in [0.4, 0.5) is 11.6 Å². The largest absolute Gasteiger partial charge is 0.272 e. The van der Waals surface area contributed by atoms with Crippen LogP contribution in [-0.2, 0) is 11.3 Å². The van der Waals surface area contributed by atoms with Gasteiger partial charge >= 0.3 is 0 Å². The van der Waals surface area contributed by atoms with E-state index in [1.165, 1.54) is 9.47 Å². The first-order valence-electron chi connectivity index (χ1n) is 7.04. The van der Waals surface area contributed by atoms with Crippen molar-refractivity contribution in [1.29, 1.82) is 0 Å². The maximum absolute atomic E-state index is 12.5. The van der Waals surface area contributed by atoms with Gasteiger partial charge in [0.15, 0.2) is 0 Å². The van der Waals surface area contributed by atoms with Crippen molar-refractivity contribution in [3.8, 4) is 0 Å². The van der Waals surface area contributed by atoms with Crippen LogP contribution < -0.4 is 10.5 Å². The van der Waals surface area contributed by atoms with Gasteiger partial charge in [-0.2, -0.15) is 0 Å². The van der Waals surface area contributed by atoms with Gasteiger partial charge in [-0.3, -0.25) is 14.2 Å². The molecule has 5 nitrogen and oxygen atoms in total. The zero-order valence-electron chi connectivity index (χ0n) is 12.0. The lowest BCUT2D eigenvalue weighted by molar-refractivity contribution is -0.117. The Morgan fingerprint density at radius 2 is 1.73 bits per heavy atom. The van der Waals surface area contributed by atoms with Gasteiger partial charge in [0.25, 0.3) is 11.5 Å². The molecule has 108 valence electrons. The third-order valence-corrected chi connectivity index (χ3v) is 3.88. The van der Waals surface area contributed by atoms with Crippen molar-refractivity contribution >= 4 is 28.4 Å². The summed E-state index contributed by atoms with van der Waals surface area (Å²) in [6.45, 7) is 2.01. The summed E-state index contributed by atoms with van der Waals surface area (Å²) in [6, 6.07) is 14.7. The zero-order chi connectivity index (χ0) is 15.3. The quantitative estimate of drug-likeness (QED) is 0.691. The minimum absolute atomic E-state index is 0.0277. The van der Waals surface area contributed by atoms with Crippen LogP contribution in [0.2, 0.25) is 0 Å². The summed E-state index contributed by atoms with van der Waals surface area (Å²) in [4.78, 5) is 30.9. The summed E-state index contributed by atoms with van der Waals surface area (Å²) in [7, 11) is 0. The molecule has 1 aliphatic rings. The molecular weight excluding hydrogens is 278 g/mol. The number of para-hydroxylation sites is 1. The molecule has 1 amide bonds. The van der Waals surface area contributed by atoms with Crippen molar-refractivity contribution in [3.05, 3.63) is 64.4 Å². The van der Waals surface area contributed by atoms with Gasteiger partial charge in [0.1, 0.15) is 6.54 Å². The highest BCUT2D eigenvalue weighted by atomic mass is 16.2. The number of fused-ring (bicyclic) bond motifs is 2. The number of amides is 1. The number of carbonyl (C=O) groups is 1. The molecule has 0 saturated carbocycles. The first-order chi connectivity index (χ1) is 10.6. The zero-order valence-corrected chi connectivity index (χ0v) is 12.0. The Morgan fingerprint density at radius 1 is 1.00 bits per heavy atom. The van der Waals surface area contributed by atoms with E-state index in [2.05, 4.69) is 4.98 Å². The summed E-state index contributed by atoms with van der Waals surface area (Å²) < 4.78 is 1.44. The van der Waals surface area contributed by atoms with Crippen LogP contribution in [0, 0.1) is 6.92 Å². The molecule has 0 spiro atoms. The van der Waals surface area contributed by atoms with Gasteiger partial charge in [-0.1, -0.05) is 29.8 Å². The molecular formula is C17H13N3O2. The highest BCUT2D eigenvalue weighted by Crippen LogP contribution is 2.29. The van der Waals surface area contributed by atoms with Gasteiger partial charge < -0.3 is 0 Å². The van der Waals surface area contributed by atoms with Gasteiger partial charge in [0, 0.05) is 0 Å². The molecule has 4 rings (SSSR count). The molecule has 0 fully saturated rings. The van der Waals surface area contributed by atoms with Crippen LogP contribution in [0.25, 0.3) is 10.9 Å². The number of rotatable bonds is 1. The third-order valence-electron chi connectivity index (χ3n) is 3.88. The Morgan fingerprint density at radius 3 is 2.50 bits per heavy atom. The lowest BCUT2D eigenvalue weighted by Crippen LogP contribution is -2.21. The maximum atomic E-state index is 12.5. The monoisotopic (exact) mass is 291 g/mol. The van der Waals surface area contributed by atoms with Crippen LogP contribution >= 0.6 is 0 Å². The Bertz CT molecular complexity index is 958. The first kappa shape index (κ1) is 12.8. The molecule has 22 heavy (non-hydrogen) atoms. The Kier molecular flexibility index (Phi) is 2.63. The number of hydrogen-bond acceptors (Lipinski definition) is 3. The number of anilines is 2. The second kappa shape index (κ2) is 4.53. The van der Waals surface area contributed by atoms with Crippen LogP contribution in [0.3, 0.4) is 0 Å². The molecule has 0 aliphatic carbocycles. The molecule has 0 saturated heterocycles. The number of benzene rings is 2. The standard InChI is InChI=1S/C17H13N3O2/c1-11-6-8-12(9-7-11)20-15(21)10-19-16(22)13-4-2-3-5-14(13)18-17(19)20/h2-9H,10H2,1H3. The van der Waals surface area contributed by atoms with Crippen molar-refractivity contribution in [3.63, 3.8) is 0 Å². The smallest absolute Gasteiger partial charge is 0.263 e. The van der Waals surface area contributed by atoms with Gasteiger partial charge in [-0.15, -0.1) is 0 Å². The molecule has 0 atom stereocenters. The molecule has 5 heteroatoms. The summed E-state index contributed by atoms with van der Waals surface area (Å²) in [5.41, 5.74) is 2.26. The van der Waals surface area contributed by atoms with Crippen molar-refractivity contribution < 1.29 is 4.79 Å². The summed E-state index contributed by atoms with van der Waals surface area (Å²) in [6.07, 6.45) is 0. The van der Waals surface area contributed by atoms with E-state index in [-0.39, 0.29) is 18.0 Å². The normalized spacial score (nSPS) is 13.7. The van der Waals surface area contributed by atoms with Gasteiger partial charge in [-0.05, 0) is 31.2 Å². The fraction of sp³-hybridized carbons (Fsp3) is 0.118. The van der Waals surface area contributed by atoms with E-state index in [0.29, 0.717) is 16.9 Å². The highest BCUT2D eigenvalue weighted by Gasteiger charge is 2.31. The molecule has 1 aromatic heterocycles. The predicted molar refractivity (Wildman–Crippen MR) is 84.3 cm³/mol. The first-order valence-corrected chi connectivity index (χ1v) is 7.04. The Hall–Kier alpha value is -2.95. The Labute approximate surface area is 126 Å². The highest BCUT2D eigenvalue weighted by molar-refractivity contribution is 6.02. The molecule has 2 heterocycles. The van der Waals surface area contributed by atoms with E-state index in [1.54, 1.807) is 18.2 Å². The number of aromatic nitrogens is 2. The molecule has 3 aromatic rings. The maximum Gasteiger partial charge on any atom is 0.263 e. The van der Waals surface area contributed by atoms with E-state index in [1.807, 2.05) is 37.3 Å². The van der Waals surface area contributed by atoms with E-state index in [0.717, 1.165) is 11.3 Å². The molecule has 1 aliphatic heterocycles. The Balaban J connectivity index is 1.97. The summed E-state index contributed by atoms with van der Waals surface area (Å²) in [5.74, 6) is 0.237. The lowest BCUT2D eigenvalue weighted by atomic mass is 10.2. The summed E-state index contributed by atoms with van der Waals surface area (Å²) in [5, 5.41) is 0.532. The molecule has 0 bridgehead atoms. The van der Waals surface area contributed by atoms with E-state index in [4.69, 9.17) is 0 Å². The predicted octanol–water partition coefficient (Wildman–Crippen LogP) is 2.38. The molecule has 2 aromatic carbocycles. The van der Waals surface area contributed by atoms with Crippen LogP contribution in [0.15, 0.2) is 53.3 Å². The summed E-state index contributed by atoms with van der Waals surface area (Å²) >= 11 is 0. The van der Waals surface area contributed by atoms with Gasteiger partial charge in [0.05, 0.1) is 16.6 Å². The second-order valence-corrected chi connectivity index (χ2v) is 5.38. The number of carbonyl (C=O) groups excluding carboxylic acids is 1. The average molecular weight is 291 g/mol. The molecule has 0 N–H and O–H groups in total. The number of hydrogen-bond donors (Lipinski definition) is 0. The second-order valence-electron chi connectivity index (χ2n) is 5.38. The van der Waals surface area contributed by atoms with Crippen LogP contribution in [0.1, 0.15) is 5.56 Å².